The van der Waals surface area contributed by atoms with Gasteiger partial charge in [-0.2, -0.15) is 0 Å². The summed E-state index contributed by atoms with van der Waals surface area (Å²) in [6, 6.07) is 1.56. The van der Waals surface area contributed by atoms with E-state index >= 15 is 0 Å². The van der Waals surface area contributed by atoms with Gasteiger partial charge in [0.25, 0.3) is 0 Å². The fourth-order valence-electron chi connectivity index (χ4n) is 4.73. The Morgan fingerprint density at radius 1 is 0.955 bits per heavy atom. The lowest BCUT2D eigenvalue weighted by Gasteiger charge is -2.47. The number of hydrogen-bond acceptors (Lipinski definition) is 4. The van der Waals surface area contributed by atoms with Crippen molar-refractivity contribution in [2.24, 2.45) is 5.92 Å². The van der Waals surface area contributed by atoms with Crippen LogP contribution in [0.15, 0.2) is 0 Å². The second kappa shape index (κ2) is 8.09. The number of likely N-dealkylation sites (N-methyl/N-ethyl adjacent to an activating group) is 1. The molecule has 4 nitrogen and oxygen atoms in total. The zero-order valence-corrected chi connectivity index (χ0v) is 14.8. The average Bonchev–Trinajstić information content (AvgIpc) is 2.57. The summed E-state index contributed by atoms with van der Waals surface area (Å²) in [5, 5.41) is 3.67. The number of nitrogens with zero attached hydrogens (tertiary/aromatic N) is 3. The van der Waals surface area contributed by atoms with Crippen LogP contribution in [-0.4, -0.2) is 85.7 Å². The molecule has 3 unspecified atom stereocenters. The van der Waals surface area contributed by atoms with Crippen molar-refractivity contribution in [2.75, 3.05) is 58.9 Å². The van der Waals surface area contributed by atoms with Gasteiger partial charge in [0.1, 0.15) is 0 Å². The van der Waals surface area contributed by atoms with Crippen LogP contribution in [0.5, 0.6) is 0 Å². The third-order valence-electron chi connectivity index (χ3n) is 6.27. The Balaban J connectivity index is 1.56. The van der Waals surface area contributed by atoms with Crippen LogP contribution in [0.4, 0.5) is 0 Å². The molecule has 1 N–H and O–H groups in total. The molecule has 3 saturated heterocycles. The highest BCUT2D eigenvalue weighted by atomic mass is 15.3. The van der Waals surface area contributed by atoms with Gasteiger partial charge in [-0.15, -0.1) is 0 Å². The number of piperazine rings is 1. The second-order valence-electron chi connectivity index (χ2n) is 7.64. The topological polar surface area (TPSA) is 21.8 Å². The fraction of sp³-hybridized carbons (Fsp3) is 1.00. The van der Waals surface area contributed by atoms with Crippen molar-refractivity contribution in [3.8, 4) is 0 Å². The van der Waals surface area contributed by atoms with E-state index in [4.69, 9.17) is 0 Å². The van der Waals surface area contributed by atoms with Crippen LogP contribution in [0.3, 0.4) is 0 Å². The molecule has 0 spiro atoms. The molecule has 0 saturated carbocycles. The molecule has 3 atom stereocenters. The van der Waals surface area contributed by atoms with Crippen LogP contribution >= 0.6 is 0 Å². The fourth-order valence-corrected chi connectivity index (χ4v) is 4.73. The molecule has 22 heavy (non-hydrogen) atoms. The number of likely N-dealkylation sites (tertiary alicyclic amines) is 1. The van der Waals surface area contributed by atoms with Gasteiger partial charge in [-0.05, 0) is 51.7 Å². The van der Waals surface area contributed by atoms with E-state index in [1.807, 2.05) is 0 Å². The second-order valence-corrected chi connectivity index (χ2v) is 7.64. The molecular weight excluding hydrogens is 272 g/mol. The number of hydrogen-bond donors (Lipinski definition) is 1. The molecule has 0 radical (unpaired) electrons. The Kier molecular flexibility index (Phi) is 6.14. The highest BCUT2D eigenvalue weighted by molar-refractivity contribution is 4.91. The molecule has 3 fully saturated rings. The summed E-state index contributed by atoms with van der Waals surface area (Å²) in [5.74, 6) is 0.870. The van der Waals surface area contributed by atoms with Crippen molar-refractivity contribution in [3.63, 3.8) is 0 Å². The molecule has 0 aromatic rings. The maximum absolute atomic E-state index is 3.67. The van der Waals surface area contributed by atoms with Gasteiger partial charge in [-0.1, -0.05) is 13.3 Å². The van der Waals surface area contributed by atoms with Crippen LogP contribution in [0.1, 0.15) is 39.5 Å². The number of nitrogens with one attached hydrogen (secondary N) is 1. The van der Waals surface area contributed by atoms with Crippen molar-refractivity contribution in [3.05, 3.63) is 0 Å². The average molecular weight is 309 g/mol. The molecule has 3 aliphatic rings. The predicted octanol–water partition coefficient (Wildman–Crippen LogP) is 1.48. The van der Waals surface area contributed by atoms with Crippen molar-refractivity contribution in [1.29, 1.82) is 0 Å². The zero-order chi connectivity index (χ0) is 15.4. The number of rotatable bonds is 4. The molecule has 0 amide bonds. The molecule has 4 heteroatoms. The first-order valence-electron chi connectivity index (χ1n) is 9.69. The van der Waals surface area contributed by atoms with E-state index in [-0.39, 0.29) is 0 Å². The Hall–Kier alpha value is -0.160. The number of piperidine rings is 2. The third kappa shape index (κ3) is 4.02. The maximum atomic E-state index is 3.67. The summed E-state index contributed by atoms with van der Waals surface area (Å²) < 4.78 is 0. The zero-order valence-electron chi connectivity index (χ0n) is 14.8. The Labute approximate surface area is 137 Å². The Morgan fingerprint density at radius 3 is 2.45 bits per heavy atom. The molecule has 3 heterocycles. The maximum Gasteiger partial charge on any atom is 0.0264 e. The predicted molar refractivity (Wildman–Crippen MR) is 93.3 cm³/mol. The minimum absolute atomic E-state index is 0.772. The molecule has 0 aromatic heterocycles. The lowest BCUT2D eigenvalue weighted by molar-refractivity contribution is 0.0301. The summed E-state index contributed by atoms with van der Waals surface area (Å²) in [4.78, 5) is 8.16. The smallest absolute Gasteiger partial charge is 0.0264 e. The minimum Gasteiger partial charge on any atom is -0.315 e. The van der Waals surface area contributed by atoms with Crippen LogP contribution in [-0.2, 0) is 0 Å². The standard InChI is InChI=1S/C18H36N4/c1-3-20-10-12-21(13-11-20)15-17-7-8-19-14-18(17)22-9-5-4-6-16(22)2/h16-19H,3-15H2,1-2H3. The minimum atomic E-state index is 0.772. The van der Waals surface area contributed by atoms with Gasteiger partial charge < -0.3 is 15.1 Å². The van der Waals surface area contributed by atoms with Crippen molar-refractivity contribution in [1.82, 2.24) is 20.0 Å². The first kappa shape index (κ1) is 16.7. The van der Waals surface area contributed by atoms with Crippen molar-refractivity contribution >= 4 is 0 Å². The first-order chi connectivity index (χ1) is 10.8. The summed E-state index contributed by atoms with van der Waals surface area (Å²) in [5.41, 5.74) is 0. The van der Waals surface area contributed by atoms with E-state index in [0.29, 0.717) is 0 Å². The van der Waals surface area contributed by atoms with E-state index < -0.39 is 0 Å². The lowest BCUT2D eigenvalue weighted by Crippen LogP contribution is -2.58. The first-order valence-corrected chi connectivity index (χ1v) is 9.69. The van der Waals surface area contributed by atoms with E-state index in [9.17, 15) is 0 Å². The summed E-state index contributed by atoms with van der Waals surface area (Å²) in [7, 11) is 0. The van der Waals surface area contributed by atoms with Gasteiger partial charge in [0.15, 0.2) is 0 Å². The SMILES string of the molecule is CCN1CCN(CC2CCNCC2N2CCCCC2C)CC1. The van der Waals surface area contributed by atoms with Gasteiger partial charge in [0, 0.05) is 51.4 Å². The monoisotopic (exact) mass is 308 g/mol. The highest BCUT2D eigenvalue weighted by Gasteiger charge is 2.34. The Morgan fingerprint density at radius 2 is 1.73 bits per heavy atom. The van der Waals surface area contributed by atoms with E-state index in [2.05, 4.69) is 33.9 Å². The summed E-state index contributed by atoms with van der Waals surface area (Å²) in [6.45, 7) is 16.1. The van der Waals surface area contributed by atoms with Gasteiger partial charge in [-0.25, -0.2) is 0 Å². The third-order valence-corrected chi connectivity index (χ3v) is 6.27. The van der Waals surface area contributed by atoms with E-state index in [1.54, 1.807) is 0 Å². The van der Waals surface area contributed by atoms with Gasteiger partial charge in [0.2, 0.25) is 0 Å². The molecule has 3 rings (SSSR count). The molecule has 3 aliphatic heterocycles. The quantitative estimate of drug-likeness (QED) is 0.849. The normalized spacial score (nSPS) is 36.5. The van der Waals surface area contributed by atoms with Gasteiger partial charge >= 0.3 is 0 Å². The van der Waals surface area contributed by atoms with E-state index in [0.717, 1.165) is 18.0 Å². The van der Waals surface area contributed by atoms with Crippen LogP contribution in [0.2, 0.25) is 0 Å². The highest BCUT2D eigenvalue weighted by Crippen LogP contribution is 2.26. The van der Waals surface area contributed by atoms with Crippen LogP contribution < -0.4 is 5.32 Å². The summed E-state index contributed by atoms with van der Waals surface area (Å²) >= 11 is 0. The molecule has 0 bridgehead atoms. The lowest BCUT2D eigenvalue weighted by atomic mass is 9.87. The van der Waals surface area contributed by atoms with Gasteiger partial charge in [0.05, 0.1) is 0 Å². The van der Waals surface area contributed by atoms with Crippen molar-refractivity contribution < 1.29 is 0 Å². The molecular formula is C18H36N4. The van der Waals surface area contributed by atoms with Crippen LogP contribution in [0.25, 0.3) is 0 Å². The van der Waals surface area contributed by atoms with Gasteiger partial charge in [-0.3, -0.25) is 4.90 Å². The molecule has 0 aromatic carbocycles. The molecule has 0 aliphatic carbocycles. The Bertz CT molecular complexity index is 327. The van der Waals surface area contributed by atoms with Crippen molar-refractivity contribution in [2.45, 2.75) is 51.6 Å². The van der Waals surface area contributed by atoms with E-state index in [1.165, 1.54) is 84.6 Å². The molecule has 128 valence electrons. The largest absolute Gasteiger partial charge is 0.315 e. The van der Waals surface area contributed by atoms with Crippen LogP contribution in [0, 0.1) is 5.92 Å². The summed E-state index contributed by atoms with van der Waals surface area (Å²) in [6.07, 6.45) is 5.60.